The average Bonchev–Trinajstić information content (AvgIpc) is 2.97. The van der Waals surface area contributed by atoms with Crippen LogP contribution in [-0.4, -0.2) is 31.7 Å². The number of amides is 1. The number of nitro groups is 1. The molecule has 3 aromatic rings. The second kappa shape index (κ2) is 6.59. The summed E-state index contributed by atoms with van der Waals surface area (Å²) in [6.45, 7) is 0. The molecule has 0 radical (unpaired) electrons. The van der Waals surface area contributed by atoms with Gasteiger partial charge < -0.3 is 15.4 Å². The Hall–Kier alpha value is -3.07. The smallest absolute Gasteiger partial charge is 0.273 e. The molecule has 0 saturated carbocycles. The lowest BCUT2D eigenvalue weighted by atomic mass is 10.2. The summed E-state index contributed by atoms with van der Waals surface area (Å²) in [4.78, 5) is 29.4. The molecule has 2 aromatic carbocycles. The van der Waals surface area contributed by atoms with Crippen LogP contribution in [0.25, 0.3) is 11.0 Å². The average molecular weight is 344 g/mol. The summed E-state index contributed by atoms with van der Waals surface area (Å²) in [5.41, 5.74) is 1.57. The number of hydrogen-bond acceptors (Lipinski definition) is 6. The third kappa shape index (κ3) is 3.46. The zero-order chi connectivity index (χ0) is 17.1. The predicted octanol–water partition coefficient (Wildman–Crippen LogP) is 2.91. The van der Waals surface area contributed by atoms with E-state index in [2.05, 4.69) is 15.3 Å². The molecule has 0 fully saturated rings. The summed E-state index contributed by atoms with van der Waals surface area (Å²) in [6.07, 6.45) is 0. The summed E-state index contributed by atoms with van der Waals surface area (Å²) in [5.74, 6) is -0.633. The van der Waals surface area contributed by atoms with Crippen molar-refractivity contribution in [2.75, 3.05) is 11.1 Å². The molecule has 122 valence electrons. The first-order chi connectivity index (χ1) is 11.5. The number of aromatic nitrogens is 2. The molecule has 3 rings (SSSR count). The van der Waals surface area contributed by atoms with E-state index in [4.69, 9.17) is 0 Å². The van der Waals surface area contributed by atoms with Crippen LogP contribution in [0.4, 0.5) is 11.4 Å². The van der Waals surface area contributed by atoms with E-state index in [1.54, 1.807) is 0 Å². The lowest BCUT2D eigenvalue weighted by Gasteiger charge is -2.06. The Balaban J connectivity index is 1.62. The molecule has 1 amide bonds. The monoisotopic (exact) mass is 344 g/mol. The van der Waals surface area contributed by atoms with E-state index < -0.39 is 4.92 Å². The van der Waals surface area contributed by atoms with Crippen LogP contribution in [0.1, 0.15) is 0 Å². The number of fused-ring (bicyclic) bond motifs is 1. The van der Waals surface area contributed by atoms with Crippen molar-refractivity contribution in [2.24, 2.45) is 0 Å². The molecule has 0 aliphatic carbocycles. The van der Waals surface area contributed by atoms with Gasteiger partial charge in [-0.15, -0.1) is 0 Å². The van der Waals surface area contributed by atoms with Crippen LogP contribution in [0.15, 0.2) is 47.6 Å². The number of hydrogen-bond donors (Lipinski definition) is 3. The van der Waals surface area contributed by atoms with Crippen molar-refractivity contribution in [2.45, 2.75) is 5.16 Å². The number of non-ortho nitro benzene ring substituents is 1. The second-order valence-corrected chi connectivity index (χ2v) is 5.82. The summed E-state index contributed by atoms with van der Waals surface area (Å²) < 4.78 is 0. The fraction of sp³-hybridized carbons (Fsp3) is 0.0667. The number of nitrogens with zero attached hydrogens (tertiary/aromatic N) is 2. The van der Waals surface area contributed by atoms with Crippen molar-refractivity contribution < 1.29 is 14.8 Å². The highest BCUT2D eigenvalue weighted by atomic mass is 32.2. The number of benzene rings is 2. The summed E-state index contributed by atoms with van der Waals surface area (Å²) in [7, 11) is 0. The molecule has 1 aromatic heterocycles. The van der Waals surface area contributed by atoms with Crippen molar-refractivity contribution in [3.63, 3.8) is 0 Å². The van der Waals surface area contributed by atoms with E-state index in [1.165, 1.54) is 23.9 Å². The van der Waals surface area contributed by atoms with Gasteiger partial charge >= 0.3 is 0 Å². The van der Waals surface area contributed by atoms with Gasteiger partial charge in [0.2, 0.25) is 5.91 Å². The number of para-hydroxylation sites is 2. The van der Waals surface area contributed by atoms with Gasteiger partial charge in [-0.1, -0.05) is 23.9 Å². The molecule has 24 heavy (non-hydrogen) atoms. The van der Waals surface area contributed by atoms with Crippen LogP contribution in [0.3, 0.4) is 0 Å². The number of anilines is 1. The molecule has 1 heterocycles. The minimum absolute atomic E-state index is 0.0796. The first kappa shape index (κ1) is 15.8. The van der Waals surface area contributed by atoms with Gasteiger partial charge in [-0.05, 0) is 18.2 Å². The molecule has 8 nitrogen and oxygen atoms in total. The first-order valence-electron chi connectivity index (χ1n) is 6.88. The summed E-state index contributed by atoms with van der Waals surface area (Å²) >= 11 is 1.22. The normalized spacial score (nSPS) is 10.7. The van der Waals surface area contributed by atoms with Crippen LogP contribution in [-0.2, 0) is 4.79 Å². The SMILES string of the molecule is O=C(CSc1nc2ccccc2[nH]1)Nc1ccc([N+](=O)[O-])cc1O. The number of thioether (sulfide) groups is 1. The Morgan fingerprint density at radius 3 is 2.83 bits per heavy atom. The zero-order valence-corrected chi connectivity index (χ0v) is 13.0. The second-order valence-electron chi connectivity index (χ2n) is 4.85. The highest BCUT2D eigenvalue weighted by Crippen LogP contribution is 2.28. The van der Waals surface area contributed by atoms with Gasteiger partial charge in [-0.3, -0.25) is 14.9 Å². The number of carbonyl (C=O) groups is 1. The number of imidazole rings is 1. The number of aromatic hydroxyl groups is 1. The third-order valence-electron chi connectivity index (χ3n) is 3.17. The molecule has 9 heteroatoms. The van der Waals surface area contributed by atoms with Crippen LogP contribution in [0, 0.1) is 10.1 Å². The number of H-pyrrole nitrogens is 1. The molecule has 0 unspecified atom stereocenters. The number of aromatic amines is 1. The van der Waals surface area contributed by atoms with Crippen LogP contribution < -0.4 is 5.32 Å². The minimum Gasteiger partial charge on any atom is -0.506 e. The molecule has 0 aliphatic rings. The summed E-state index contributed by atoms with van der Waals surface area (Å²) in [6, 6.07) is 11.0. The van der Waals surface area contributed by atoms with Gasteiger partial charge in [0.15, 0.2) is 5.16 Å². The Morgan fingerprint density at radius 2 is 2.12 bits per heavy atom. The molecule has 0 bridgehead atoms. The van der Waals surface area contributed by atoms with Gasteiger partial charge in [0.25, 0.3) is 5.69 Å². The maximum Gasteiger partial charge on any atom is 0.273 e. The molecular formula is C15H12N4O4S. The third-order valence-corrected chi connectivity index (χ3v) is 4.05. The van der Waals surface area contributed by atoms with E-state index >= 15 is 0 Å². The van der Waals surface area contributed by atoms with E-state index in [0.717, 1.165) is 17.1 Å². The van der Waals surface area contributed by atoms with E-state index in [-0.39, 0.29) is 28.8 Å². The van der Waals surface area contributed by atoms with E-state index in [0.29, 0.717) is 5.16 Å². The fourth-order valence-electron chi connectivity index (χ4n) is 2.06. The maximum absolute atomic E-state index is 12.0. The van der Waals surface area contributed by atoms with E-state index in [9.17, 15) is 20.0 Å². The van der Waals surface area contributed by atoms with Gasteiger partial charge in [0, 0.05) is 6.07 Å². The van der Waals surface area contributed by atoms with Gasteiger partial charge in [0.1, 0.15) is 5.75 Å². The summed E-state index contributed by atoms with van der Waals surface area (Å²) in [5, 5.41) is 23.5. The van der Waals surface area contributed by atoms with Crippen LogP contribution in [0.5, 0.6) is 5.75 Å². The molecule has 0 aliphatic heterocycles. The van der Waals surface area contributed by atoms with Crippen molar-refractivity contribution in [1.29, 1.82) is 0 Å². The number of rotatable bonds is 5. The maximum atomic E-state index is 12.0. The van der Waals surface area contributed by atoms with Gasteiger partial charge in [-0.25, -0.2) is 4.98 Å². The zero-order valence-electron chi connectivity index (χ0n) is 12.2. The molecule has 0 atom stereocenters. The Morgan fingerprint density at radius 1 is 1.33 bits per heavy atom. The van der Waals surface area contributed by atoms with Crippen LogP contribution >= 0.6 is 11.8 Å². The Bertz CT molecular complexity index is 892. The molecule has 3 N–H and O–H groups in total. The quantitative estimate of drug-likeness (QED) is 0.283. The highest BCUT2D eigenvalue weighted by Gasteiger charge is 2.13. The number of phenolic OH excluding ortho intramolecular Hbond substituents is 1. The fourth-order valence-corrected chi connectivity index (χ4v) is 2.74. The molecular weight excluding hydrogens is 332 g/mol. The van der Waals surface area contributed by atoms with Gasteiger partial charge in [0.05, 0.1) is 33.5 Å². The molecule has 0 saturated heterocycles. The highest BCUT2D eigenvalue weighted by molar-refractivity contribution is 7.99. The number of phenols is 1. The Labute approximate surface area is 140 Å². The predicted molar refractivity (Wildman–Crippen MR) is 90.2 cm³/mol. The first-order valence-corrected chi connectivity index (χ1v) is 7.86. The number of nitrogens with one attached hydrogen (secondary N) is 2. The van der Waals surface area contributed by atoms with E-state index in [1.807, 2.05) is 24.3 Å². The van der Waals surface area contributed by atoms with Gasteiger partial charge in [-0.2, -0.15) is 0 Å². The lowest BCUT2D eigenvalue weighted by molar-refractivity contribution is -0.384. The largest absolute Gasteiger partial charge is 0.506 e. The van der Waals surface area contributed by atoms with Crippen LogP contribution in [0.2, 0.25) is 0 Å². The van der Waals surface area contributed by atoms with Crippen molar-refractivity contribution >= 4 is 40.1 Å². The Kier molecular flexibility index (Phi) is 4.34. The van der Waals surface area contributed by atoms with Crippen molar-refractivity contribution in [3.05, 3.63) is 52.6 Å². The van der Waals surface area contributed by atoms with Crippen molar-refractivity contribution in [1.82, 2.24) is 9.97 Å². The lowest BCUT2D eigenvalue weighted by Crippen LogP contribution is -2.14. The van der Waals surface area contributed by atoms with Crippen molar-refractivity contribution in [3.8, 4) is 5.75 Å². The topological polar surface area (TPSA) is 121 Å². The number of nitro benzene ring substituents is 1. The minimum atomic E-state index is -0.622. The number of carbonyl (C=O) groups excluding carboxylic acids is 1. The standard InChI is InChI=1S/C15H12N4O4S/c20-13-7-9(19(22)23)5-6-12(13)16-14(21)8-24-15-17-10-3-1-2-4-11(10)18-15/h1-7,20H,8H2,(H,16,21)(H,17,18). The molecule has 0 spiro atoms.